The van der Waals surface area contributed by atoms with E-state index in [-0.39, 0.29) is 0 Å². The summed E-state index contributed by atoms with van der Waals surface area (Å²) in [5.41, 5.74) is 0. The summed E-state index contributed by atoms with van der Waals surface area (Å²) < 4.78 is 0. The van der Waals surface area contributed by atoms with Gasteiger partial charge in [-0.2, -0.15) is 0 Å². The smallest absolute Gasteiger partial charge is 0.0793 e. The lowest BCUT2D eigenvalue weighted by molar-refractivity contribution is 0.226. The Labute approximate surface area is 57.4 Å². The third kappa shape index (κ3) is 1.43. The van der Waals surface area contributed by atoms with Gasteiger partial charge in [-0.05, 0) is 27.7 Å². The predicted octanol–water partition coefficient (Wildman–Crippen LogP) is 1.29. The van der Waals surface area contributed by atoms with Gasteiger partial charge in [0.2, 0.25) is 0 Å². The average molecular weight is 128 g/mol. The number of hydrogen-bond donors (Lipinski definition) is 0. The molecule has 0 aromatic heterocycles. The molecule has 2 nitrogen and oxygen atoms in total. The van der Waals surface area contributed by atoms with E-state index in [1.54, 1.807) is 0 Å². The van der Waals surface area contributed by atoms with Gasteiger partial charge < -0.3 is 0 Å². The summed E-state index contributed by atoms with van der Waals surface area (Å²) >= 11 is 0. The molecule has 0 radical (unpaired) electrons. The Bertz CT molecular complexity index is 87.1. The lowest BCUT2D eigenvalue weighted by Crippen LogP contribution is -2.20. The molecule has 54 valence electrons. The highest BCUT2D eigenvalue weighted by Crippen LogP contribution is 2.21. The molecule has 9 heavy (non-hydrogen) atoms. The van der Waals surface area contributed by atoms with E-state index in [9.17, 15) is 0 Å². The summed E-state index contributed by atoms with van der Waals surface area (Å²) in [6.45, 7) is 10.1. The topological polar surface area (TPSA) is 6.02 Å². The molecule has 2 heteroatoms. The zero-order valence-corrected chi connectivity index (χ0v) is 6.76. The molecule has 2 atom stereocenters. The molecule has 1 aliphatic heterocycles. The Morgan fingerprint density at radius 2 is 1.22 bits per heavy atom. The zero-order chi connectivity index (χ0) is 7.02. The molecule has 1 saturated heterocycles. The van der Waals surface area contributed by atoms with Crippen molar-refractivity contribution in [2.24, 2.45) is 0 Å². The highest BCUT2D eigenvalue weighted by Gasteiger charge is 2.34. The third-order valence-electron chi connectivity index (χ3n) is 1.73. The largest absolute Gasteiger partial charge is 0.222 e. The Morgan fingerprint density at radius 1 is 0.889 bits per heavy atom. The van der Waals surface area contributed by atoms with Crippen LogP contribution in [-0.2, 0) is 0 Å². The van der Waals surface area contributed by atoms with Gasteiger partial charge in [-0.3, -0.25) is 0 Å². The van der Waals surface area contributed by atoms with Gasteiger partial charge in [0.05, 0.1) is 6.67 Å². The minimum Gasteiger partial charge on any atom is -0.222 e. The molecular weight excluding hydrogens is 112 g/mol. The molecular formula is C7H16N2. The van der Waals surface area contributed by atoms with Crippen molar-refractivity contribution in [2.75, 3.05) is 6.67 Å². The van der Waals surface area contributed by atoms with Crippen molar-refractivity contribution in [3.8, 4) is 0 Å². The summed E-state index contributed by atoms with van der Waals surface area (Å²) in [5, 5.41) is 4.73. The molecule has 0 aliphatic carbocycles. The van der Waals surface area contributed by atoms with Crippen molar-refractivity contribution in [1.82, 2.24) is 10.0 Å². The van der Waals surface area contributed by atoms with Crippen LogP contribution in [0, 0.1) is 0 Å². The van der Waals surface area contributed by atoms with E-state index in [1.165, 1.54) is 0 Å². The summed E-state index contributed by atoms with van der Waals surface area (Å²) in [5.74, 6) is 0. The maximum atomic E-state index is 2.37. The van der Waals surface area contributed by atoms with Crippen molar-refractivity contribution >= 4 is 0 Å². The van der Waals surface area contributed by atoms with E-state index >= 15 is 0 Å². The fraction of sp³-hybridized carbons (Fsp3) is 1.00. The van der Waals surface area contributed by atoms with E-state index in [4.69, 9.17) is 0 Å². The summed E-state index contributed by atoms with van der Waals surface area (Å²) in [6, 6.07) is 1.37. The molecule has 1 aliphatic rings. The van der Waals surface area contributed by atoms with Crippen molar-refractivity contribution in [3.63, 3.8) is 0 Å². The minimum absolute atomic E-state index is 0.687. The van der Waals surface area contributed by atoms with Crippen LogP contribution in [0.3, 0.4) is 0 Å². The van der Waals surface area contributed by atoms with Crippen molar-refractivity contribution < 1.29 is 0 Å². The molecule has 0 spiro atoms. The lowest BCUT2D eigenvalue weighted by atomic mass is 10.4. The van der Waals surface area contributed by atoms with Gasteiger partial charge in [0.15, 0.2) is 0 Å². The van der Waals surface area contributed by atoms with E-state index in [1.807, 2.05) is 0 Å². The van der Waals surface area contributed by atoms with Gasteiger partial charge in [-0.15, -0.1) is 0 Å². The fourth-order valence-electron chi connectivity index (χ4n) is 1.04. The second kappa shape index (κ2) is 2.27. The van der Waals surface area contributed by atoms with Crippen molar-refractivity contribution in [2.45, 2.75) is 39.8 Å². The van der Waals surface area contributed by atoms with E-state index in [0.717, 1.165) is 6.67 Å². The zero-order valence-electron chi connectivity index (χ0n) is 6.76. The number of hydrogen-bond acceptors (Lipinski definition) is 2. The Morgan fingerprint density at radius 3 is 1.33 bits per heavy atom. The Hall–Kier alpha value is -0.0800. The second-order valence-corrected chi connectivity index (χ2v) is 3.21. The first-order valence-electron chi connectivity index (χ1n) is 3.66. The van der Waals surface area contributed by atoms with E-state index in [2.05, 4.69) is 37.7 Å². The van der Waals surface area contributed by atoms with Crippen LogP contribution in [-0.4, -0.2) is 28.8 Å². The molecule has 1 heterocycles. The first kappa shape index (κ1) is 7.03. The van der Waals surface area contributed by atoms with Crippen LogP contribution in [0.25, 0.3) is 0 Å². The van der Waals surface area contributed by atoms with E-state index < -0.39 is 0 Å². The quantitative estimate of drug-likeness (QED) is 0.517. The number of rotatable bonds is 2. The highest BCUT2D eigenvalue weighted by atomic mass is 15.8. The summed E-state index contributed by atoms with van der Waals surface area (Å²) in [4.78, 5) is 0. The predicted molar refractivity (Wildman–Crippen MR) is 38.8 cm³/mol. The molecule has 2 unspecified atom stereocenters. The van der Waals surface area contributed by atoms with Crippen LogP contribution in [0.4, 0.5) is 0 Å². The van der Waals surface area contributed by atoms with Crippen LogP contribution in [0.1, 0.15) is 27.7 Å². The Balaban J connectivity index is 2.24. The van der Waals surface area contributed by atoms with Crippen LogP contribution in [0.5, 0.6) is 0 Å². The van der Waals surface area contributed by atoms with Crippen LogP contribution >= 0.6 is 0 Å². The maximum absolute atomic E-state index is 2.37. The lowest BCUT2D eigenvalue weighted by Gasteiger charge is -2.10. The van der Waals surface area contributed by atoms with Crippen LogP contribution < -0.4 is 0 Å². The molecule has 0 saturated carbocycles. The van der Waals surface area contributed by atoms with Crippen LogP contribution in [0.15, 0.2) is 0 Å². The first-order valence-corrected chi connectivity index (χ1v) is 3.66. The molecule has 0 N–H and O–H groups in total. The van der Waals surface area contributed by atoms with Gasteiger partial charge in [-0.25, -0.2) is 10.0 Å². The standard InChI is InChI=1S/C7H16N2/c1-6(2)8-5-9(8)7(3)4/h6-7H,5H2,1-4H3. The first-order chi connectivity index (χ1) is 4.13. The second-order valence-electron chi connectivity index (χ2n) is 3.21. The normalized spacial score (nSPS) is 34.0. The summed E-state index contributed by atoms with van der Waals surface area (Å²) in [7, 11) is 0. The highest BCUT2D eigenvalue weighted by molar-refractivity contribution is 4.75. The average Bonchev–Trinajstić information content (AvgIpc) is 2.39. The number of nitrogens with zero attached hydrogens (tertiary/aromatic N) is 2. The van der Waals surface area contributed by atoms with Gasteiger partial charge in [0.25, 0.3) is 0 Å². The molecule has 0 aromatic rings. The van der Waals surface area contributed by atoms with Crippen LogP contribution in [0.2, 0.25) is 0 Å². The maximum Gasteiger partial charge on any atom is 0.0793 e. The van der Waals surface area contributed by atoms with Crippen molar-refractivity contribution in [3.05, 3.63) is 0 Å². The SMILES string of the molecule is CC(C)N1CN1C(C)C. The van der Waals surface area contributed by atoms with Gasteiger partial charge in [-0.1, -0.05) is 0 Å². The molecule has 1 fully saturated rings. The molecule has 0 aromatic carbocycles. The van der Waals surface area contributed by atoms with Gasteiger partial charge in [0, 0.05) is 12.1 Å². The van der Waals surface area contributed by atoms with Crippen molar-refractivity contribution in [1.29, 1.82) is 0 Å². The molecule has 0 bridgehead atoms. The van der Waals surface area contributed by atoms with E-state index in [0.29, 0.717) is 12.1 Å². The molecule has 1 rings (SSSR count). The Kier molecular flexibility index (Phi) is 1.78. The number of hydrazine groups is 1. The fourth-order valence-corrected chi connectivity index (χ4v) is 1.04. The molecule has 0 amide bonds. The third-order valence-corrected chi connectivity index (χ3v) is 1.73. The van der Waals surface area contributed by atoms with Gasteiger partial charge >= 0.3 is 0 Å². The summed E-state index contributed by atoms with van der Waals surface area (Å²) in [6.07, 6.45) is 0. The van der Waals surface area contributed by atoms with Gasteiger partial charge in [0.1, 0.15) is 0 Å². The minimum atomic E-state index is 0.687. The monoisotopic (exact) mass is 128 g/mol.